The summed E-state index contributed by atoms with van der Waals surface area (Å²) >= 11 is -2.00. The number of fused-ring (bicyclic) bond motifs is 2. The number of benzene rings is 4. The van der Waals surface area contributed by atoms with E-state index >= 15 is 0 Å². The summed E-state index contributed by atoms with van der Waals surface area (Å²) in [5.41, 5.74) is 14.9. The predicted octanol–water partition coefficient (Wildman–Crippen LogP) is 9.24. The van der Waals surface area contributed by atoms with Crippen LogP contribution in [-0.2, 0) is 20.9 Å². The summed E-state index contributed by atoms with van der Waals surface area (Å²) < 4.78 is 1.36. The summed E-state index contributed by atoms with van der Waals surface area (Å²) in [6.45, 7) is 10.1. The molecule has 36 heavy (non-hydrogen) atoms. The Morgan fingerprint density at radius 3 is 1.33 bits per heavy atom. The van der Waals surface area contributed by atoms with E-state index in [0.717, 1.165) is 0 Å². The van der Waals surface area contributed by atoms with Crippen molar-refractivity contribution < 1.29 is 20.9 Å². The van der Waals surface area contributed by atoms with E-state index in [-0.39, 0.29) is 0 Å². The first-order chi connectivity index (χ1) is 17.5. The molecular formula is C34H33SiZr-. The minimum absolute atomic E-state index is 0.678. The first kappa shape index (κ1) is 23.8. The monoisotopic (exact) mass is 559 g/mol. The molecule has 0 saturated heterocycles. The summed E-state index contributed by atoms with van der Waals surface area (Å²) in [7, 11) is 0. The average molecular weight is 561 g/mol. The van der Waals surface area contributed by atoms with Crippen LogP contribution in [0.15, 0.2) is 108 Å². The third kappa shape index (κ3) is 4.00. The zero-order chi connectivity index (χ0) is 24.8. The molecule has 2 aliphatic carbocycles. The van der Waals surface area contributed by atoms with Gasteiger partial charge in [-0.2, -0.15) is 0 Å². The topological polar surface area (TPSA) is 0 Å². The van der Waals surface area contributed by atoms with Gasteiger partial charge in [-0.15, -0.1) is 0 Å². The Morgan fingerprint density at radius 2 is 0.944 bits per heavy atom. The van der Waals surface area contributed by atoms with Crippen LogP contribution in [0.4, 0.5) is 0 Å². The van der Waals surface area contributed by atoms with E-state index in [2.05, 4.69) is 136 Å². The van der Waals surface area contributed by atoms with E-state index in [1.165, 1.54) is 33.4 Å². The third-order valence-electron chi connectivity index (χ3n) is 8.06. The number of rotatable bonds is 5. The van der Waals surface area contributed by atoms with E-state index in [1.807, 2.05) is 0 Å². The molecule has 0 bridgehead atoms. The van der Waals surface area contributed by atoms with Gasteiger partial charge in [0.2, 0.25) is 0 Å². The second-order valence-electron chi connectivity index (χ2n) is 10.6. The molecule has 4 aromatic carbocycles. The van der Waals surface area contributed by atoms with Crippen molar-refractivity contribution in [3.05, 3.63) is 130 Å². The van der Waals surface area contributed by atoms with Crippen LogP contribution in [0.1, 0.15) is 43.4 Å². The molecular weight excluding hydrogens is 528 g/mol. The van der Waals surface area contributed by atoms with Gasteiger partial charge in [0.15, 0.2) is 0 Å². The molecule has 6 rings (SSSR count). The molecule has 0 spiro atoms. The van der Waals surface area contributed by atoms with Crippen LogP contribution in [-0.4, -0.2) is 5.92 Å². The van der Waals surface area contributed by atoms with Crippen LogP contribution in [0.3, 0.4) is 0 Å². The van der Waals surface area contributed by atoms with Gasteiger partial charge in [-0.3, -0.25) is 0 Å². The maximum absolute atomic E-state index is 2.65. The van der Waals surface area contributed by atoms with Crippen LogP contribution in [0, 0.1) is 0 Å². The van der Waals surface area contributed by atoms with Crippen molar-refractivity contribution in [2.24, 2.45) is 0 Å². The fourth-order valence-electron chi connectivity index (χ4n) is 6.56. The number of hydrogen-bond donors (Lipinski definition) is 0. The van der Waals surface area contributed by atoms with Gasteiger partial charge in [-0.1, -0.05) is 0 Å². The summed E-state index contributed by atoms with van der Waals surface area (Å²) in [5.74, 6) is -0.850. The summed E-state index contributed by atoms with van der Waals surface area (Å²) in [5, 5.41) is 0. The predicted molar refractivity (Wildman–Crippen MR) is 155 cm³/mol. The van der Waals surface area contributed by atoms with E-state index in [4.69, 9.17) is 0 Å². The van der Waals surface area contributed by atoms with Gasteiger partial charge in [-0.25, -0.2) is 0 Å². The van der Waals surface area contributed by atoms with Crippen LogP contribution in [0.2, 0.25) is 13.1 Å². The molecule has 0 amide bonds. The fraction of sp³-hybridized carbons (Fsp3) is 0.176. The van der Waals surface area contributed by atoms with Crippen LogP contribution in [0.25, 0.3) is 34.4 Å². The molecule has 0 aromatic heterocycles. The van der Waals surface area contributed by atoms with Gasteiger partial charge in [0, 0.05) is 0 Å². The van der Waals surface area contributed by atoms with Gasteiger partial charge < -0.3 is 0 Å². The molecule has 178 valence electrons. The Labute approximate surface area is 224 Å². The second-order valence-corrected chi connectivity index (χ2v) is 30.7. The molecule has 0 fully saturated rings. The first-order valence-corrected chi connectivity index (χ1v) is 23.1. The molecule has 0 heterocycles. The van der Waals surface area contributed by atoms with Crippen molar-refractivity contribution in [1.29, 1.82) is 0 Å². The summed E-state index contributed by atoms with van der Waals surface area (Å²) in [4.78, 5) is 0. The van der Waals surface area contributed by atoms with Gasteiger partial charge in [-0.05, 0) is 0 Å². The van der Waals surface area contributed by atoms with Crippen LogP contribution in [0.5, 0.6) is 0 Å². The summed E-state index contributed by atoms with van der Waals surface area (Å²) in [6, 6.07) is 36.1. The van der Waals surface area contributed by atoms with Gasteiger partial charge in [0.25, 0.3) is 0 Å². The Kier molecular flexibility index (Phi) is 6.44. The number of allylic oxidation sites excluding steroid dienone is 2. The van der Waals surface area contributed by atoms with Gasteiger partial charge in [0.1, 0.15) is 0 Å². The van der Waals surface area contributed by atoms with Crippen LogP contribution >= 0.6 is 0 Å². The molecule has 2 aliphatic rings. The second kappa shape index (κ2) is 9.73. The number of hydrogen-bond acceptors (Lipinski definition) is 0. The average Bonchev–Trinajstić information content (AvgIpc) is 3.41. The molecule has 2 unspecified atom stereocenters. The SMILES string of the molecule is CC1=Cc2c(-c3ccccc3)cccc2[CH]1[Zr-]([CH]1C(C)=Cc2c(-c3ccccc3)cccc21)[SiH](C)C. The zero-order valence-electron chi connectivity index (χ0n) is 21.6. The molecule has 2 heteroatoms. The van der Waals surface area contributed by atoms with Crippen molar-refractivity contribution in [3.63, 3.8) is 0 Å². The quantitative estimate of drug-likeness (QED) is 0.213. The molecule has 2 atom stereocenters. The van der Waals surface area contributed by atoms with E-state index in [0.29, 0.717) is 7.25 Å². The minimum atomic E-state index is -2.00. The molecule has 0 aliphatic heterocycles. The van der Waals surface area contributed by atoms with Crippen LogP contribution < -0.4 is 0 Å². The molecule has 0 N–H and O–H groups in total. The van der Waals surface area contributed by atoms with Gasteiger partial charge in [0.05, 0.1) is 0 Å². The van der Waals surface area contributed by atoms with E-state index < -0.39 is 26.8 Å². The van der Waals surface area contributed by atoms with E-state index in [1.54, 1.807) is 22.3 Å². The summed E-state index contributed by atoms with van der Waals surface area (Å²) in [6.07, 6.45) is 5.07. The molecule has 0 nitrogen and oxygen atoms in total. The Morgan fingerprint density at radius 1 is 0.528 bits per heavy atom. The van der Waals surface area contributed by atoms with Crippen molar-refractivity contribution >= 4 is 18.1 Å². The normalized spacial score (nSPS) is 18.3. The Hall–Kier alpha value is -2.54. The van der Waals surface area contributed by atoms with Crippen molar-refractivity contribution in [2.75, 3.05) is 0 Å². The van der Waals surface area contributed by atoms with Crippen molar-refractivity contribution in [3.8, 4) is 22.3 Å². The molecule has 4 aromatic rings. The zero-order valence-corrected chi connectivity index (χ0v) is 25.2. The third-order valence-corrected chi connectivity index (χ3v) is 30.2. The first-order valence-electron chi connectivity index (χ1n) is 13.1. The Bertz CT molecular complexity index is 1370. The molecule has 0 radical (unpaired) electrons. The van der Waals surface area contributed by atoms with E-state index in [9.17, 15) is 0 Å². The fourth-order valence-corrected chi connectivity index (χ4v) is 29.8. The van der Waals surface area contributed by atoms with Gasteiger partial charge >= 0.3 is 226 Å². The maximum atomic E-state index is 2.65. The van der Waals surface area contributed by atoms with Crippen molar-refractivity contribution in [2.45, 2.75) is 34.2 Å². The standard InChI is InChI=1S/2C16H13.C2H7Si.Zr/c2*1-12-10-14-8-5-9-15(16(14)11-12)13-6-3-2-4-7-13;1-3-2;/h2*2-11H,1H3;3H,1-2H3;/q;;;-1. The van der Waals surface area contributed by atoms with Crippen molar-refractivity contribution in [1.82, 2.24) is 0 Å². The molecule has 0 saturated carbocycles. The Balaban J connectivity index is 1.47.